The van der Waals surface area contributed by atoms with Crippen LogP contribution < -0.4 is 10.1 Å². The number of aryl methyl sites for hydroxylation is 3. The van der Waals surface area contributed by atoms with Crippen LogP contribution in [0.4, 0.5) is 5.69 Å². The van der Waals surface area contributed by atoms with Gasteiger partial charge in [0.25, 0.3) is 0 Å². The Labute approximate surface area is 170 Å². The van der Waals surface area contributed by atoms with Gasteiger partial charge in [0.2, 0.25) is 5.91 Å². The van der Waals surface area contributed by atoms with Crippen LogP contribution >= 0.6 is 11.6 Å². The summed E-state index contributed by atoms with van der Waals surface area (Å²) in [7, 11) is 1.63. The number of amides is 1. The number of hydrogen-bond donors (Lipinski definition) is 1. The summed E-state index contributed by atoms with van der Waals surface area (Å²) in [5.41, 5.74) is 6.04. The van der Waals surface area contributed by atoms with Crippen LogP contribution in [0.25, 0.3) is 16.5 Å². The number of hydrogen-bond acceptors (Lipinski definition) is 3. The van der Waals surface area contributed by atoms with E-state index in [-0.39, 0.29) is 5.91 Å². The lowest BCUT2D eigenvalue weighted by atomic mass is 9.98. The smallest absolute Gasteiger partial charge is 0.248 e. The van der Waals surface area contributed by atoms with Crippen LogP contribution in [-0.4, -0.2) is 13.0 Å². The lowest BCUT2D eigenvalue weighted by Gasteiger charge is -2.13. The molecule has 1 heterocycles. The Bertz CT molecular complexity index is 1110. The van der Waals surface area contributed by atoms with E-state index in [9.17, 15) is 4.79 Å². The molecule has 3 aromatic rings. The third kappa shape index (κ3) is 3.52. The van der Waals surface area contributed by atoms with E-state index in [1.54, 1.807) is 19.3 Å². The van der Waals surface area contributed by atoms with E-state index < -0.39 is 0 Å². The Hall–Kier alpha value is -2.72. The minimum atomic E-state index is -0.220. The quantitative estimate of drug-likeness (QED) is 0.520. The zero-order chi connectivity index (χ0) is 20.6. The summed E-state index contributed by atoms with van der Waals surface area (Å²) < 4.78 is 11.5. The van der Waals surface area contributed by atoms with E-state index in [0.717, 1.165) is 44.6 Å². The summed E-state index contributed by atoms with van der Waals surface area (Å²) in [6.45, 7) is 9.72. The number of rotatable bonds is 4. The summed E-state index contributed by atoms with van der Waals surface area (Å²) in [4.78, 5) is 12.6. The van der Waals surface area contributed by atoms with Gasteiger partial charge >= 0.3 is 0 Å². The zero-order valence-electron chi connectivity index (χ0n) is 17.0. The van der Waals surface area contributed by atoms with Gasteiger partial charge in [-0.05, 0) is 69.5 Å². The van der Waals surface area contributed by atoms with Crippen LogP contribution in [0.3, 0.4) is 0 Å². The molecule has 28 heavy (non-hydrogen) atoms. The molecule has 1 amide bonds. The molecule has 0 radical (unpaired) electrons. The minimum absolute atomic E-state index is 0.220. The molecule has 0 unspecified atom stereocenters. The van der Waals surface area contributed by atoms with Gasteiger partial charge < -0.3 is 14.5 Å². The fourth-order valence-electron chi connectivity index (χ4n) is 3.35. The highest BCUT2D eigenvalue weighted by Gasteiger charge is 2.18. The van der Waals surface area contributed by atoms with Gasteiger partial charge in [0.15, 0.2) is 0 Å². The summed E-state index contributed by atoms with van der Waals surface area (Å²) in [6.07, 6.45) is 1.58. The van der Waals surface area contributed by atoms with Crippen molar-refractivity contribution in [1.82, 2.24) is 0 Å². The molecule has 5 heteroatoms. The molecule has 0 spiro atoms. The van der Waals surface area contributed by atoms with Crippen molar-refractivity contribution < 1.29 is 13.9 Å². The molecule has 4 nitrogen and oxygen atoms in total. The number of nitrogens with one attached hydrogen (secondary N) is 1. The maximum atomic E-state index is 12.6. The van der Waals surface area contributed by atoms with Crippen molar-refractivity contribution in [3.8, 4) is 5.75 Å². The number of halogens is 1. The fraction of sp³-hybridized carbons (Fsp3) is 0.261. The Morgan fingerprint density at radius 3 is 2.54 bits per heavy atom. The number of carbonyl (C=O) groups excluding carboxylic acids is 1. The molecule has 0 saturated carbocycles. The number of anilines is 1. The van der Waals surface area contributed by atoms with Crippen molar-refractivity contribution in [1.29, 1.82) is 0 Å². The normalized spacial score (nSPS) is 11.8. The van der Waals surface area contributed by atoms with Crippen LogP contribution in [0.2, 0.25) is 5.02 Å². The molecule has 2 aromatic carbocycles. The van der Waals surface area contributed by atoms with Gasteiger partial charge in [-0.1, -0.05) is 17.7 Å². The van der Waals surface area contributed by atoms with Gasteiger partial charge in [0, 0.05) is 33.3 Å². The SMILES string of the molecule is COc1c(/C(C)=C/C(=O)Nc2cccc(Cl)c2C)cc2c(C)c(C)oc2c1C. The minimum Gasteiger partial charge on any atom is -0.496 e. The lowest BCUT2D eigenvalue weighted by molar-refractivity contribution is -0.111. The van der Waals surface area contributed by atoms with Crippen molar-refractivity contribution in [2.45, 2.75) is 34.6 Å². The second-order valence-corrected chi connectivity index (χ2v) is 7.38. The maximum Gasteiger partial charge on any atom is 0.248 e. The first-order valence-corrected chi connectivity index (χ1v) is 9.44. The predicted molar refractivity (Wildman–Crippen MR) is 115 cm³/mol. The zero-order valence-corrected chi connectivity index (χ0v) is 17.7. The number of methoxy groups -OCH3 is 1. The molecule has 0 aliphatic rings. The molecular weight excluding hydrogens is 374 g/mol. The van der Waals surface area contributed by atoms with E-state index in [4.69, 9.17) is 20.8 Å². The highest BCUT2D eigenvalue weighted by atomic mass is 35.5. The van der Waals surface area contributed by atoms with Crippen molar-refractivity contribution in [2.75, 3.05) is 12.4 Å². The molecule has 0 bridgehead atoms. The number of benzene rings is 2. The van der Waals surface area contributed by atoms with E-state index in [1.807, 2.05) is 52.8 Å². The third-order valence-corrected chi connectivity index (χ3v) is 5.56. The van der Waals surface area contributed by atoms with Crippen molar-refractivity contribution in [3.63, 3.8) is 0 Å². The second kappa shape index (κ2) is 7.72. The van der Waals surface area contributed by atoms with E-state index in [0.29, 0.717) is 16.5 Å². The molecule has 0 fully saturated rings. The molecular formula is C23H24ClNO3. The van der Waals surface area contributed by atoms with Crippen LogP contribution in [0.1, 0.15) is 34.9 Å². The van der Waals surface area contributed by atoms with Crippen molar-refractivity contribution in [3.05, 3.63) is 63.4 Å². The number of fused-ring (bicyclic) bond motifs is 1. The fourth-order valence-corrected chi connectivity index (χ4v) is 3.53. The monoisotopic (exact) mass is 397 g/mol. The van der Waals surface area contributed by atoms with Gasteiger partial charge in [-0.2, -0.15) is 0 Å². The summed E-state index contributed by atoms with van der Waals surface area (Å²) in [5, 5.41) is 4.55. The standard InChI is InChI=1S/C23H24ClNO3/c1-12(10-21(26)25-20-9-7-8-19(24)14(20)3)17-11-18-13(2)16(5)28-23(18)15(4)22(17)27-6/h7-11H,1-6H3,(H,25,26)/b12-10+. The molecule has 1 aromatic heterocycles. The Morgan fingerprint density at radius 2 is 1.86 bits per heavy atom. The first-order chi connectivity index (χ1) is 13.2. The van der Waals surface area contributed by atoms with Crippen LogP contribution in [-0.2, 0) is 4.79 Å². The largest absolute Gasteiger partial charge is 0.496 e. The average molecular weight is 398 g/mol. The van der Waals surface area contributed by atoms with Crippen LogP contribution in [0.15, 0.2) is 34.8 Å². The Balaban J connectivity index is 2.02. The molecule has 0 atom stereocenters. The molecule has 0 aliphatic carbocycles. The van der Waals surface area contributed by atoms with Gasteiger partial charge in [-0.3, -0.25) is 4.79 Å². The second-order valence-electron chi connectivity index (χ2n) is 6.97. The van der Waals surface area contributed by atoms with E-state index in [2.05, 4.69) is 5.32 Å². The number of carbonyl (C=O) groups is 1. The maximum absolute atomic E-state index is 12.6. The van der Waals surface area contributed by atoms with Gasteiger partial charge in [-0.25, -0.2) is 0 Å². The number of allylic oxidation sites excluding steroid dienone is 1. The summed E-state index contributed by atoms with van der Waals surface area (Å²) in [6, 6.07) is 7.46. The van der Waals surface area contributed by atoms with Crippen molar-refractivity contribution in [2.24, 2.45) is 0 Å². The molecule has 0 aliphatic heterocycles. The highest BCUT2D eigenvalue weighted by Crippen LogP contribution is 2.38. The lowest BCUT2D eigenvalue weighted by Crippen LogP contribution is -2.10. The Morgan fingerprint density at radius 1 is 1.14 bits per heavy atom. The van der Waals surface area contributed by atoms with Gasteiger partial charge in [0.1, 0.15) is 17.1 Å². The highest BCUT2D eigenvalue weighted by molar-refractivity contribution is 6.31. The van der Waals surface area contributed by atoms with Gasteiger partial charge in [0.05, 0.1) is 7.11 Å². The molecule has 1 N–H and O–H groups in total. The van der Waals surface area contributed by atoms with E-state index in [1.165, 1.54) is 0 Å². The van der Waals surface area contributed by atoms with Crippen molar-refractivity contribution >= 4 is 39.7 Å². The van der Waals surface area contributed by atoms with E-state index >= 15 is 0 Å². The first kappa shape index (κ1) is 20.0. The van der Waals surface area contributed by atoms with Crippen LogP contribution in [0.5, 0.6) is 5.75 Å². The Kier molecular flexibility index (Phi) is 5.52. The topological polar surface area (TPSA) is 51.5 Å². The summed E-state index contributed by atoms with van der Waals surface area (Å²) >= 11 is 6.14. The molecule has 0 saturated heterocycles. The predicted octanol–water partition coefficient (Wildman–Crippen LogP) is 6.37. The molecule has 146 valence electrons. The van der Waals surface area contributed by atoms with Gasteiger partial charge in [-0.15, -0.1) is 0 Å². The van der Waals surface area contributed by atoms with Crippen LogP contribution in [0, 0.1) is 27.7 Å². The number of ether oxygens (including phenoxy) is 1. The summed E-state index contributed by atoms with van der Waals surface area (Å²) in [5.74, 6) is 1.37. The third-order valence-electron chi connectivity index (χ3n) is 5.15. The first-order valence-electron chi connectivity index (χ1n) is 9.06. The average Bonchev–Trinajstić information content (AvgIpc) is 2.94. The number of furan rings is 1. The molecule has 3 rings (SSSR count).